The molecule has 1 aromatic carbocycles. The number of nitrogens with zero attached hydrogens (tertiary/aromatic N) is 1. The van der Waals surface area contributed by atoms with Crippen molar-refractivity contribution in [3.05, 3.63) is 35.9 Å². The van der Waals surface area contributed by atoms with Crippen molar-refractivity contribution in [3.63, 3.8) is 0 Å². The van der Waals surface area contributed by atoms with Crippen LogP contribution in [-0.4, -0.2) is 12.1 Å². The van der Waals surface area contributed by atoms with E-state index in [-0.39, 0.29) is 11.8 Å². The van der Waals surface area contributed by atoms with E-state index in [1.165, 1.54) is 0 Å². The summed E-state index contributed by atoms with van der Waals surface area (Å²) in [7, 11) is 0. The first-order valence-corrected chi connectivity index (χ1v) is 4.23. The number of carbonyl (C=O) groups excluding carboxylic acids is 1. The average molecular weight is 174 g/mol. The Labute approximate surface area is 76.5 Å². The molecule has 0 aromatic heterocycles. The molecule has 3 heteroatoms. The van der Waals surface area contributed by atoms with Crippen molar-refractivity contribution in [1.82, 2.24) is 5.43 Å². The zero-order valence-corrected chi connectivity index (χ0v) is 7.10. The Bertz CT molecular complexity index is 332. The molecule has 1 aliphatic rings. The maximum Gasteiger partial charge on any atom is 0.248 e. The lowest BCUT2D eigenvalue weighted by Crippen LogP contribution is -2.21. The number of rotatable bonds is 2. The van der Waals surface area contributed by atoms with Crippen LogP contribution >= 0.6 is 0 Å². The molecule has 1 amide bonds. The SMILES string of the molecule is O=C1NN=CC1Cc1ccccc1. The van der Waals surface area contributed by atoms with Gasteiger partial charge in [0.25, 0.3) is 0 Å². The van der Waals surface area contributed by atoms with Crippen molar-refractivity contribution < 1.29 is 4.79 Å². The van der Waals surface area contributed by atoms with E-state index in [4.69, 9.17) is 0 Å². The average Bonchev–Trinajstić information content (AvgIpc) is 2.54. The lowest BCUT2D eigenvalue weighted by atomic mass is 10.0. The van der Waals surface area contributed by atoms with Crippen LogP contribution in [0.2, 0.25) is 0 Å². The van der Waals surface area contributed by atoms with E-state index in [9.17, 15) is 4.79 Å². The minimum atomic E-state index is -0.0950. The largest absolute Gasteiger partial charge is 0.272 e. The van der Waals surface area contributed by atoms with E-state index < -0.39 is 0 Å². The van der Waals surface area contributed by atoms with Gasteiger partial charge >= 0.3 is 0 Å². The van der Waals surface area contributed by atoms with E-state index in [1.807, 2.05) is 30.3 Å². The van der Waals surface area contributed by atoms with Gasteiger partial charge in [-0.25, -0.2) is 5.43 Å². The minimum Gasteiger partial charge on any atom is -0.272 e. The van der Waals surface area contributed by atoms with E-state index in [0.717, 1.165) is 12.0 Å². The summed E-state index contributed by atoms with van der Waals surface area (Å²) in [5, 5.41) is 3.72. The van der Waals surface area contributed by atoms with Crippen molar-refractivity contribution in [2.75, 3.05) is 0 Å². The topological polar surface area (TPSA) is 41.5 Å². The van der Waals surface area contributed by atoms with Crippen LogP contribution in [0.5, 0.6) is 0 Å². The summed E-state index contributed by atoms with van der Waals surface area (Å²) >= 11 is 0. The second kappa shape index (κ2) is 3.39. The van der Waals surface area contributed by atoms with Gasteiger partial charge < -0.3 is 0 Å². The quantitative estimate of drug-likeness (QED) is 0.712. The molecule has 0 radical (unpaired) electrons. The standard InChI is InChI=1S/C10H10N2O/c13-10-9(7-11-12-10)6-8-4-2-1-3-5-8/h1-5,7,9H,6H2,(H,12,13). The van der Waals surface area contributed by atoms with Gasteiger partial charge in [0.1, 0.15) is 0 Å². The summed E-state index contributed by atoms with van der Waals surface area (Å²) in [6, 6.07) is 9.93. The van der Waals surface area contributed by atoms with Crippen LogP contribution in [0.4, 0.5) is 0 Å². The molecule has 0 aliphatic carbocycles. The van der Waals surface area contributed by atoms with E-state index in [2.05, 4.69) is 10.5 Å². The Morgan fingerprint density at radius 2 is 2.08 bits per heavy atom. The number of nitrogens with one attached hydrogen (secondary N) is 1. The second-order valence-corrected chi connectivity index (χ2v) is 3.05. The van der Waals surface area contributed by atoms with Crippen LogP contribution in [-0.2, 0) is 11.2 Å². The summed E-state index contributed by atoms with van der Waals surface area (Å²) < 4.78 is 0. The monoisotopic (exact) mass is 174 g/mol. The number of hydrogen-bond acceptors (Lipinski definition) is 2. The third kappa shape index (κ3) is 1.75. The molecule has 3 nitrogen and oxygen atoms in total. The Kier molecular flexibility index (Phi) is 2.08. The van der Waals surface area contributed by atoms with Gasteiger partial charge in [0.15, 0.2) is 0 Å². The molecule has 0 spiro atoms. The van der Waals surface area contributed by atoms with Crippen molar-refractivity contribution in [2.24, 2.45) is 11.0 Å². The Balaban J connectivity index is 2.06. The van der Waals surface area contributed by atoms with Crippen LogP contribution in [0.15, 0.2) is 35.4 Å². The number of hydrazone groups is 1. The molecule has 66 valence electrons. The van der Waals surface area contributed by atoms with Gasteiger partial charge in [0.2, 0.25) is 5.91 Å². The number of amides is 1. The first kappa shape index (κ1) is 7.98. The van der Waals surface area contributed by atoms with E-state index in [1.54, 1.807) is 6.21 Å². The van der Waals surface area contributed by atoms with Crippen molar-refractivity contribution in [3.8, 4) is 0 Å². The normalized spacial score (nSPS) is 20.3. The number of hydrogen-bond donors (Lipinski definition) is 1. The highest BCUT2D eigenvalue weighted by atomic mass is 16.2. The van der Waals surface area contributed by atoms with Crippen LogP contribution in [0.1, 0.15) is 5.56 Å². The van der Waals surface area contributed by atoms with Crippen LogP contribution < -0.4 is 5.43 Å². The highest BCUT2D eigenvalue weighted by molar-refractivity contribution is 5.97. The summed E-state index contributed by atoms with van der Waals surface area (Å²) in [6.07, 6.45) is 2.39. The molecular formula is C10H10N2O. The molecule has 1 N–H and O–H groups in total. The number of carbonyl (C=O) groups is 1. The molecule has 1 heterocycles. The van der Waals surface area contributed by atoms with Gasteiger partial charge in [-0.2, -0.15) is 5.10 Å². The minimum absolute atomic E-state index is 0.0103. The van der Waals surface area contributed by atoms with Crippen LogP contribution in [0.3, 0.4) is 0 Å². The maximum atomic E-state index is 11.1. The Hall–Kier alpha value is -1.64. The molecular weight excluding hydrogens is 164 g/mol. The van der Waals surface area contributed by atoms with Gasteiger partial charge in [0, 0.05) is 6.21 Å². The summed E-state index contributed by atoms with van der Waals surface area (Å²) in [5.41, 5.74) is 3.58. The van der Waals surface area contributed by atoms with Crippen LogP contribution in [0, 0.1) is 5.92 Å². The molecule has 13 heavy (non-hydrogen) atoms. The molecule has 1 aliphatic heterocycles. The maximum absolute atomic E-state index is 11.1. The third-order valence-corrected chi connectivity index (χ3v) is 2.06. The first-order chi connectivity index (χ1) is 6.36. The predicted octanol–water partition coefficient (Wildman–Crippen LogP) is 0.961. The van der Waals surface area contributed by atoms with Crippen molar-refractivity contribution >= 4 is 12.1 Å². The van der Waals surface area contributed by atoms with Crippen molar-refractivity contribution in [1.29, 1.82) is 0 Å². The molecule has 0 saturated carbocycles. The smallest absolute Gasteiger partial charge is 0.248 e. The summed E-state index contributed by atoms with van der Waals surface area (Å²) in [6.45, 7) is 0. The fraction of sp³-hybridized carbons (Fsp3) is 0.200. The lowest BCUT2D eigenvalue weighted by molar-refractivity contribution is -0.122. The number of benzene rings is 1. The second-order valence-electron chi connectivity index (χ2n) is 3.05. The van der Waals surface area contributed by atoms with Gasteiger partial charge in [0.05, 0.1) is 5.92 Å². The highest BCUT2D eigenvalue weighted by Gasteiger charge is 2.20. The molecule has 1 atom stereocenters. The van der Waals surface area contributed by atoms with Gasteiger partial charge in [-0.05, 0) is 12.0 Å². The van der Waals surface area contributed by atoms with Gasteiger partial charge in [-0.1, -0.05) is 30.3 Å². The van der Waals surface area contributed by atoms with Crippen molar-refractivity contribution in [2.45, 2.75) is 6.42 Å². The fourth-order valence-electron chi connectivity index (χ4n) is 1.35. The summed E-state index contributed by atoms with van der Waals surface area (Å²) in [5.74, 6) is -0.105. The Morgan fingerprint density at radius 1 is 1.31 bits per heavy atom. The third-order valence-electron chi connectivity index (χ3n) is 2.06. The molecule has 0 saturated heterocycles. The molecule has 0 bridgehead atoms. The van der Waals surface area contributed by atoms with Gasteiger partial charge in [-0.3, -0.25) is 4.79 Å². The summed E-state index contributed by atoms with van der Waals surface area (Å²) in [4.78, 5) is 11.1. The highest BCUT2D eigenvalue weighted by Crippen LogP contribution is 2.09. The van der Waals surface area contributed by atoms with E-state index in [0.29, 0.717) is 0 Å². The molecule has 1 aromatic rings. The Morgan fingerprint density at radius 3 is 2.69 bits per heavy atom. The molecule has 1 unspecified atom stereocenters. The van der Waals surface area contributed by atoms with E-state index >= 15 is 0 Å². The molecule has 2 rings (SSSR count). The fourth-order valence-corrected chi connectivity index (χ4v) is 1.35. The zero-order chi connectivity index (χ0) is 9.10. The zero-order valence-electron chi connectivity index (χ0n) is 7.10. The van der Waals surface area contributed by atoms with Crippen LogP contribution in [0.25, 0.3) is 0 Å². The first-order valence-electron chi connectivity index (χ1n) is 4.23. The predicted molar refractivity (Wildman–Crippen MR) is 50.3 cm³/mol. The van der Waals surface area contributed by atoms with Gasteiger partial charge in [-0.15, -0.1) is 0 Å². The molecule has 0 fully saturated rings. The lowest BCUT2D eigenvalue weighted by Gasteiger charge is -2.03.